The summed E-state index contributed by atoms with van der Waals surface area (Å²) in [6.45, 7) is 5.55. The summed E-state index contributed by atoms with van der Waals surface area (Å²) in [5.74, 6) is 0.169. The van der Waals surface area contributed by atoms with Crippen molar-refractivity contribution >= 4 is 28.2 Å². The quantitative estimate of drug-likeness (QED) is 0.667. The smallest absolute Gasteiger partial charge is 0.256 e. The van der Waals surface area contributed by atoms with E-state index in [1.165, 1.54) is 23.2 Å². The molecule has 2 amide bonds. The highest BCUT2D eigenvalue weighted by Crippen LogP contribution is 2.28. The van der Waals surface area contributed by atoms with Gasteiger partial charge >= 0.3 is 0 Å². The number of nitrogens with one attached hydrogen (secondary N) is 1. The summed E-state index contributed by atoms with van der Waals surface area (Å²) in [6, 6.07) is 9.66. The van der Waals surface area contributed by atoms with Crippen molar-refractivity contribution < 1.29 is 9.59 Å². The second kappa shape index (κ2) is 8.79. The number of carbonyl (C=O) groups excluding carboxylic acids is 2. The van der Waals surface area contributed by atoms with E-state index in [2.05, 4.69) is 29.2 Å². The Morgan fingerprint density at radius 2 is 1.87 bits per heavy atom. The lowest BCUT2D eigenvalue weighted by Gasteiger charge is -2.32. The number of benzene rings is 1. The molecule has 0 atom stereocenters. The molecule has 0 bridgehead atoms. The maximum absolute atomic E-state index is 13.1. The Morgan fingerprint density at radius 1 is 1.13 bits per heavy atom. The molecule has 4 rings (SSSR count). The highest BCUT2D eigenvalue weighted by atomic mass is 32.1. The SMILES string of the molecule is CC(C)c1ccc(C(=O)Nc2sccc2C(=O)N2CCC(n3cncn3)CC2)cc1. The Bertz CT molecular complexity index is 1000. The largest absolute Gasteiger partial charge is 0.338 e. The molecule has 30 heavy (non-hydrogen) atoms. The second-order valence-electron chi connectivity index (χ2n) is 7.79. The van der Waals surface area contributed by atoms with Crippen molar-refractivity contribution in [2.24, 2.45) is 0 Å². The first kappa shape index (κ1) is 20.3. The summed E-state index contributed by atoms with van der Waals surface area (Å²) in [4.78, 5) is 31.6. The molecule has 0 aliphatic carbocycles. The van der Waals surface area contributed by atoms with Gasteiger partial charge in [-0.25, -0.2) is 9.67 Å². The molecule has 0 unspecified atom stereocenters. The number of likely N-dealkylation sites (tertiary alicyclic amines) is 1. The van der Waals surface area contributed by atoms with Gasteiger partial charge in [0, 0.05) is 18.7 Å². The number of amides is 2. The zero-order valence-corrected chi connectivity index (χ0v) is 17.9. The van der Waals surface area contributed by atoms with Crippen LogP contribution in [0.5, 0.6) is 0 Å². The van der Waals surface area contributed by atoms with Gasteiger partial charge in [0.1, 0.15) is 17.7 Å². The molecule has 0 radical (unpaired) electrons. The number of hydrogen-bond donors (Lipinski definition) is 1. The Kier molecular flexibility index (Phi) is 5.94. The summed E-state index contributed by atoms with van der Waals surface area (Å²) in [7, 11) is 0. The van der Waals surface area contributed by atoms with E-state index in [1.54, 1.807) is 12.4 Å². The minimum Gasteiger partial charge on any atom is -0.338 e. The van der Waals surface area contributed by atoms with Crippen LogP contribution >= 0.6 is 11.3 Å². The van der Waals surface area contributed by atoms with Crippen LogP contribution in [0.4, 0.5) is 5.00 Å². The zero-order valence-electron chi connectivity index (χ0n) is 17.1. The van der Waals surface area contributed by atoms with E-state index < -0.39 is 0 Å². The van der Waals surface area contributed by atoms with Crippen molar-refractivity contribution in [1.82, 2.24) is 19.7 Å². The highest BCUT2D eigenvalue weighted by molar-refractivity contribution is 7.14. The third-order valence-electron chi connectivity index (χ3n) is 5.52. The molecule has 8 heteroatoms. The molecule has 0 saturated carbocycles. The van der Waals surface area contributed by atoms with E-state index in [4.69, 9.17) is 0 Å². The number of thiophene rings is 1. The minimum absolute atomic E-state index is 0.0428. The van der Waals surface area contributed by atoms with E-state index in [0.29, 0.717) is 35.1 Å². The molecule has 0 spiro atoms. The maximum Gasteiger partial charge on any atom is 0.256 e. The molecular weight excluding hydrogens is 398 g/mol. The average molecular weight is 424 g/mol. The monoisotopic (exact) mass is 423 g/mol. The van der Waals surface area contributed by atoms with E-state index in [9.17, 15) is 9.59 Å². The Balaban J connectivity index is 1.40. The summed E-state index contributed by atoms with van der Waals surface area (Å²) in [5.41, 5.74) is 2.32. The molecule has 1 saturated heterocycles. The first-order valence-electron chi connectivity index (χ1n) is 10.1. The van der Waals surface area contributed by atoms with Gasteiger partial charge in [0.05, 0.1) is 11.6 Å². The Labute approximate surface area is 179 Å². The molecular formula is C22H25N5O2S. The second-order valence-corrected chi connectivity index (χ2v) is 8.71. The normalized spacial score (nSPS) is 14.8. The van der Waals surface area contributed by atoms with Gasteiger partial charge in [-0.2, -0.15) is 5.10 Å². The molecule has 2 aromatic heterocycles. The van der Waals surface area contributed by atoms with Crippen LogP contribution in [0.2, 0.25) is 0 Å². The minimum atomic E-state index is -0.202. The lowest BCUT2D eigenvalue weighted by Crippen LogP contribution is -2.39. The molecule has 1 fully saturated rings. The molecule has 7 nitrogen and oxygen atoms in total. The standard InChI is InChI=1S/C22H25N5O2S/c1-15(2)16-3-5-17(6-4-16)20(28)25-21-19(9-12-30-21)22(29)26-10-7-18(8-11-26)27-14-23-13-24-27/h3-6,9,12-15,18H,7-8,10-11H2,1-2H3,(H,25,28). The van der Waals surface area contributed by atoms with Crippen molar-refractivity contribution in [3.8, 4) is 0 Å². The number of rotatable bonds is 5. The third kappa shape index (κ3) is 4.28. The van der Waals surface area contributed by atoms with Crippen molar-refractivity contribution in [1.29, 1.82) is 0 Å². The van der Waals surface area contributed by atoms with Crippen LogP contribution < -0.4 is 5.32 Å². The van der Waals surface area contributed by atoms with Gasteiger partial charge in [0.25, 0.3) is 11.8 Å². The van der Waals surface area contributed by atoms with Gasteiger partial charge in [-0.3, -0.25) is 9.59 Å². The van der Waals surface area contributed by atoms with Crippen LogP contribution in [0.1, 0.15) is 64.9 Å². The van der Waals surface area contributed by atoms with Crippen molar-refractivity contribution in [3.63, 3.8) is 0 Å². The van der Waals surface area contributed by atoms with E-state index in [0.717, 1.165) is 12.8 Å². The molecule has 1 aliphatic heterocycles. The van der Waals surface area contributed by atoms with Crippen molar-refractivity contribution in [3.05, 3.63) is 65.1 Å². The number of anilines is 1. The first-order chi connectivity index (χ1) is 14.5. The summed E-state index contributed by atoms with van der Waals surface area (Å²) >= 11 is 1.37. The average Bonchev–Trinajstić information content (AvgIpc) is 3.46. The topological polar surface area (TPSA) is 80.1 Å². The Morgan fingerprint density at radius 3 is 2.50 bits per heavy atom. The summed E-state index contributed by atoms with van der Waals surface area (Å²) in [6.07, 6.45) is 4.93. The van der Waals surface area contributed by atoms with Crippen LogP contribution in [-0.2, 0) is 0 Å². The fourth-order valence-electron chi connectivity index (χ4n) is 3.68. The molecule has 3 aromatic rings. The van der Waals surface area contributed by atoms with Gasteiger partial charge in [-0.15, -0.1) is 11.3 Å². The maximum atomic E-state index is 13.1. The van der Waals surface area contributed by atoms with E-state index in [1.807, 2.05) is 39.2 Å². The number of carbonyl (C=O) groups is 2. The zero-order chi connectivity index (χ0) is 21.1. The summed E-state index contributed by atoms with van der Waals surface area (Å²) < 4.78 is 1.86. The van der Waals surface area contributed by atoms with E-state index >= 15 is 0 Å². The van der Waals surface area contributed by atoms with Crippen LogP contribution in [0.3, 0.4) is 0 Å². The molecule has 1 aliphatic rings. The van der Waals surface area contributed by atoms with Gasteiger partial charge in [0.2, 0.25) is 0 Å². The summed E-state index contributed by atoms with van der Waals surface area (Å²) in [5, 5.41) is 9.56. The highest BCUT2D eigenvalue weighted by Gasteiger charge is 2.27. The van der Waals surface area contributed by atoms with Crippen LogP contribution in [-0.4, -0.2) is 44.6 Å². The van der Waals surface area contributed by atoms with Crippen LogP contribution in [0.15, 0.2) is 48.4 Å². The number of aromatic nitrogens is 3. The van der Waals surface area contributed by atoms with Gasteiger partial charge in [-0.1, -0.05) is 26.0 Å². The van der Waals surface area contributed by atoms with Crippen molar-refractivity contribution in [2.45, 2.75) is 38.6 Å². The van der Waals surface area contributed by atoms with Crippen LogP contribution in [0.25, 0.3) is 0 Å². The first-order valence-corrected chi connectivity index (χ1v) is 11.0. The predicted molar refractivity (Wildman–Crippen MR) is 117 cm³/mol. The molecule has 3 heterocycles. The van der Waals surface area contributed by atoms with E-state index in [-0.39, 0.29) is 17.9 Å². The van der Waals surface area contributed by atoms with Crippen molar-refractivity contribution in [2.75, 3.05) is 18.4 Å². The lowest BCUT2D eigenvalue weighted by atomic mass is 10.0. The number of hydrogen-bond acceptors (Lipinski definition) is 5. The van der Waals surface area contributed by atoms with Crippen LogP contribution in [0, 0.1) is 0 Å². The molecule has 1 N–H and O–H groups in total. The molecule has 156 valence electrons. The number of piperidine rings is 1. The van der Waals surface area contributed by atoms with Gasteiger partial charge in [-0.05, 0) is 47.9 Å². The lowest BCUT2D eigenvalue weighted by molar-refractivity contribution is 0.0691. The van der Waals surface area contributed by atoms with Gasteiger partial charge < -0.3 is 10.2 Å². The fraction of sp³-hybridized carbons (Fsp3) is 0.364. The molecule has 1 aromatic carbocycles. The fourth-order valence-corrected chi connectivity index (χ4v) is 4.45. The van der Waals surface area contributed by atoms with Gasteiger partial charge in [0.15, 0.2) is 0 Å². The predicted octanol–water partition coefficient (Wildman–Crippen LogP) is 4.19. The third-order valence-corrected chi connectivity index (χ3v) is 6.35. The number of nitrogens with zero attached hydrogens (tertiary/aromatic N) is 4. The Hall–Kier alpha value is -3.00.